The summed E-state index contributed by atoms with van der Waals surface area (Å²) in [5, 5.41) is 0. The number of rotatable bonds is 3. The first-order valence-corrected chi connectivity index (χ1v) is 6.94. The molecule has 0 aromatic heterocycles. The van der Waals surface area contributed by atoms with E-state index in [4.69, 9.17) is 4.74 Å². The summed E-state index contributed by atoms with van der Waals surface area (Å²) < 4.78 is 6.54. The zero-order valence-corrected chi connectivity index (χ0v) is 12.3. The van der Waals surface area contributed by atoms with E-state index in [2.05, 4.69) is 40.7 Å². The molecule has 1 aromatic rings. The van der Waals surface area contributed by atoms with Crippen LogP contribution in [-0.2, 0) is 6.54 Å². The van der Waals surface area contributed by atoms with E-state index >= 15 is 0 Å². The van der Waals surface area contributed by atoms with Crippen LogP contribution >= 0.6 is 15.9 Å². The van der Waals surface area contributed by atoms with Crippen LogP contribution in [0, 0.1) is 11.8 Å². The van der Waals surface area contributed by atoms with Crippen LogP contribution in [0.1, 0.15) is 19.4 Å². The second kappa shape index (κ2) is 5.40. The van der Waals surface area contributed by atoms with E-state index in [1.54, 1.807) is 7.11 Å². The largest absolute Gasteiger partial charge is 0.496 e. The maximum absolute atomic E-state index is 5.42. The van der Waals surface area contributed by atoms with Crippen molar-refractivity contribution in [2.75, 3.05) is 20.2 Å². The van der Waals surface area contributed by atoms with Gasteiger partial charge in [0, 0.05) is 29.7 Å². The topological polar surface area (TPSA) is 12.5 Å². The van der Waals surface area contributed by atoms with Gasteiger partial charge in [0.15, 0.2) is 0 Å². The van der Waals surface area contributed by atoms with Gasteiger partial charge in [0.05, 0.1) is 7.11 Å². The lowest BCUT2D eigenvalue weighted by Crippen LogP contribution is -2.20. The first-order chi connectivity index (χ1) is 8.10. The van der Waals surface area contributed by atoms with Gasteiger partial charge >= 0.3 is 0 Å². The fourth-order valence-electron chi connectivity index (χ4n) is 2.49. The van der Waals surface area contributed by atoms with Gasteiger partial charge in [-0.3, -0.25) is 4.90 Å². The number of ether oxygens (including phenoxy) is 1. The molecule has 1 aliphatic heterocycles. The highest BCUT2D eigenvalue weighted by atomic mass is 79.9. The van der Waals surface area contributed by atoms with Crippen LogP contribution < -0.4 is 4.74 Å². The molecule has 0 aliphatic carbocycles. The Morgan fingerprint density at radius 1 is 1.29 bits per heavy atom. The van der Waals surface area contributed by atoms with E-state index in [1.807, 2.05) is 12.1 Å². The van der Waals surface area contributed by atoms with Crippen molar-refractivity contribution < 1.29 is 4.74 Å². The zero-order valence-electron chi connectivity index (χ0n) is 10.7. The minimum absolute atomic E-state index is 0.799. The van der Waals surface area contributed by atoms with Gasteiger partial charge in [0.25, 0.3) is 0 Å². The quantitative estimate of drug-likeness (QED) is 0.846. The minimum Gasteiger partial charge on any atom is -0.496 e. The molecule has 0 spiro atoms. The van der Waals surface area contributed by atoms with E-state index in [1.165, 1.54) is 18.7 Å². The molecule has 3 heteroatoms. The molecule has 94 valence electrons. The molecule has 1 fully saturated rings. The Hall–Kier alpha value is -0.540. The Labute approximate surface area is 112 Å². The fraction of sp³-hybridized carbons (Fsp3) is 0.571. The Morgan fingerprint density at radius 2 is 1.94 bits per heavy atom. The van der Waals surface area contributed by atoms with Crippen molar-refractivity contribution in [1.82, 2.24) is 4.90 Å². The average Bonchev–Trinajstić information content (AvgIpc) is 2.58. The molecule has 1 saturated heterocycles. The van der Waals surface area contributed by atoms with Crippen LogP contribution in [-0.4, -0.2) is 25.1 Å². The third-order valence-electron chi connectivity index (χ3n) is 3.70. The van der Waals surface area contributed by atoms with Crippen LogP contribution in [0.15, 0.2) is 22.7 Å². The van der Waals surface area contributed by atoms with Crippen molar-refractivity contribution in [1.29, 1.82) is 0 Å². The van der Waals surface area contributed by atoms with Gasteiger partial charge in [-0.2, -0.15) is 0 Å². The summed E-state index contributed by atoms with van der Waals surface area (Å²) in [5.41, 5.74) is 1.27. The SMILES string of the molecule is COc1ccc(Br)cc1CN1CC(C)C(C)C1. The zero-order chi connectivity index (χ0) is 12.4. The number of likely N-dealkylation sites (tertiary alicyclic amines) is 1. The third-order valence-corrected chi connectivity index (χ3v) is 4.19. The smallest absolute Gasteiger partial charge is 0.123 e. The van der Waals surface area contributed by atoms with Gasteiger partial charge in [0.1, 0.15) is 5.75 Å². The lowest BCUT2D eigenvalue weighted by molar-refractivity contribution is 0.307. The molecule has 0 amide bonds. The van der Waals surface area contributed by atoms with E-state index in [0.717, 1.165) is 28.6 Å². The predicted molar refractivity (Wildman–Crippen MR) is 74.3 cm³/mol. The van der Waals surface area contributed by atoms with Crippen molar-refractivity contribution in [2.45, 2.75) is 20.4 Å². The first kappa shape index (κ1) is 12.9. The van der Waals surface area contributed by atoms with E-state index in [9.17, 15) is 0 Å². The summed E-state index contributed by atoms with van der Waals surface area (Å²) >= 11 is 3.52. The molecule has 2 nitrogen and oxygen atoms in total. The van der Waals surface area contributed by atoms with E-state index in [0.29, 0.717) is 0 Å². The molecule has 17 heavy (non-hydrogen) atoms. The van der Waals surface area contributed by atoms with Gasteiger partial charge < -0.3 is 4.74 Å². The lowest BCUT2D eigenvalue weighted by Gasteiger charge is -2.17. The minimum atomic E-state index is 0.799. The number of methoxy groups -OCH3 is 1. The Morgan fingerprint density at radius 3 is 2.53 bits per heavy atom. The second-order valence-electron chi connectivity index (χ2n) is 5.10. The highest BCUT2D eigenvalue weighted by molar-refractivity contribution is 9.10. The summed E-state index contributed by atoms with van der Waals surface area (Å²) in [6.07, 6.45) is 0. The molecular formula is C14H20BrNO. The van der Waals surface area contributed by atoms with E-state index in [-0.39, 0.29) is 0 Å². The molecular weight excluding hydrogens is 278 g/mol. The summed E-state index contributed by atoms with van der Waals surface area (Å²) in [4.78, 5) is 2.51. The molecule has 0 bridgehead atoms. The highest BCUT2D eigenvalue weighted by Crippen LogP contribution is 2.28. The molecule has 0 N–H and O–H groups in total. The number of benzene rings is 1. The van der Waals surface area contributed by atoms with Gasteiger partial charge in [0.2, 0.25) is 0 Å². The molecule has 2 unspecified atom stereocenters. The second-order valence-corrected chi connectivity index (χ2v) is 6.02. The predicted octanol–water partition coefficient (Wildman–Crippen LogP) is 3.55. The van der Waals surface area contributed by atoms with Crippen LogP contribution in [0.5, 0.6) is 5.75 Å². The maximum atomic E-state index is 5.42. The molecule has 2 atom stereocenters. The molecule has 1 heterocycles. The van der Waals surface area contributed by atoms with Crippen LogP contribution in [0.2, 0.25) is 0 Å². The molecule has 0 saturated carbocycles. The van der Waals surface area contributed by atoms with E-state index < -0.39 is 0 Å². The lowest BCUT2D eigenvalue weighted by atomic mass is 10.0. The van der Waals surface area contributed by atoms with Gasteiger partial charge in [-0.1, -0.05) is 29.8 Å². The van der Waals surface area contributed by atoms with Crippen LogP contribution in [0.3, 0.4) is 0 Å². The fourth-order valence-corrected chi connectivity index (χ4v) is 2.90. The first-order valence-electron chi connectivity index (χ1n) is 6.15. The van der Waals surface area contributed by atoms with Crippen molar-refractivity contribution in [3.63, 3.8) is 0 Å². The highest BCUT2D eigenvalue weighted by Gasteiger charge is 2.26. The molecule has 0 radical (unpaired) electrons. The summed E-state index contributed by atoms with van der Waals surface area (Å²) in [5.74, 6) is 2.58. The average molecular weight is 298 g/mol. The Balaban J connectivity index is 2.10. The molecule has 1 aromatic carbocycles. The summed E-state index contributed by atoms with van der Waals surface area (Å²) in [6.45, 7) is 8.04. The Kier molecular flexibility index (Phi) is 4.10. The number of hydrogen-bond acceptors (Lipinski definition) is 2. The number of nitrogens with zero attached hydrogens (tertiary/aromatic N) is 1. The number of hydrogen-bond donors (Lipinski definition) is 0. The van der Waals surface area contributed by atoms with Crippen molar-refractivity contribution in [3.8, 4) is 5.75 Å². The van der Waals surface area contributed by atoms with Crippen LogP contribution in [0.4, 0.5) is 0 Å². The molecule has 2 rings (SSSR count). The van der Waals surface area contributed by atoms with Crippen LogP contribution in [0.25, 0.3) is 0 Å². The van der Waals surface area contributed by atoms with Gasteiger partial charge in [-0.05, 0) is 30.0 Å². The van der Waals surface area contributed by atoms with Crippen molar-refractivity contribution in [3.05, 3.63) is 28.2 Å². The monoisotopic (exact) mass is 297 g/mol. The molecule has 1 aliphatic rings. The van der Waals surface area contributed by atoms with Gasteiger partial charge in [-0.15, -0.1) is 0 Å². The standard InChI is InChI=1S/C14H20BrNO/c1-10-7-16(8-11(10)2)9-12-6-13(15)4-5-14(12)17-3/h4-6,10-11H,7-9H2,1-3H3. The summed E-state index contributed by atoms with van der Waals surface area (Å²) in [6, 6.07) is 6.21. The summed E-state index contributed by atoms with van der Waals surface area (Å²) in [7, 11) is 1.74. The van der Waals surface area contributed by atoms with Crippen molar-refractivity contribution in [2.24, 2.45) is 11.8 Å². The maximum Gasteiger partial charge on any atom is 0.123 e. The third kappa shape index (κ3) is 3.02. The van der Waals surface area contributed by atoms with Crippen molar-refractivity contribution >= 4 is 15.9 Å². The number of halogens is 1. The van der Waals surface area contributed by atoms with Gasteiger partial charge in [-0.25, -0.2) is 0 Å². The Bertz CT molecular complexity index is 384. The normalized spacial score (nSPS) is 25.2.